The minimum absolute atomic E-state index is 0.134. The van der Waals surface area contributed by atoms with Crippen molar-refractivity contribution in [2.45, 2.75) is 76.6 Å². The molecule has 1 atom stereocenters. The van der Waals surface area contributed by atoms with E-state index in [-0.39, 0.29) is 23.7 Å². The minimum Gasteiger partial charge on any atom is -0.393 e. The third-order valence-corrected chi connectivity index (χ3v) is 7.86. The number of aliphatic hydroxyl groups is 1. The van der Waals surface area contributed by atoms with E-state index in [1.165, 1.54) is 22.3 Å². The zero-order chi connectivity index (χ0) is 25.5. The molecule has 0 bridgehead atoms. The maximum atomic E-state index is 12.7. The standard InChI is InChI=1S/C31H40N2O3/c1-3-25-5-4-6-26(29(25)22-32(2)30-15-13-27(34)14-16-31(30)36)12-11-23-7-9-24(10-8-23)21-33-19-17-28(35)18-20-33/h3-10,28,30,35H,1,11-22H2,2H3. The maximum Gasteiger partial charge on any atom is 0.150 e. The van der Waals surface area contributed by atoms with E-state index in [1.807, 2.05) is 13.1 Å². The molecule has 0 spiro atoms. The number of carbonyl (C=O) groups excluding carboxylic acids is 2. The van der Waals surface area contributed by atoms with Crippen molar-refractivity contribution in [3.05, 3.63) is 76.9 Å². The van der Waals surface area contributed by atoms with Crippen molar-refractivity contribution in [2.75, 3.05) is 20.1 Å². The van der Waals surface area contributed by atoms with Crippen LogP contribution in [0.25, 0.3) is 6.08 Å². The van der Waals surface area contributed by atoms with Gasteiger partial charge < -0.3 is 5.11 Å². The lowest BCUT2D eigenvalue weighted by Gasteiger charge is -2.29. The van der Waals surface area contributed by atoms with E-state index in [1.54, 1.807) is 0 Å². The van der Waals surface area contributed by atoms with Gasteiger partial charge in [0.05, 0.1) is 12.1 Å². The molecule has 0 amide bonds. The second kappa shape index (κ2) is 12.6. The highest BCUT2D eigenvalue weighted by atomic mass is 16.3. The molecule has 36 heavy (non-hydrogen) atoms. The van der Waals surface area contributed by atoms with E-state index in [2.05, 4.69) is 58.8 Å². The first-order valence-corrected chi connectivity index (χ1v) is 13.4. The molecule has 5 heteroatoms. The number of benzene rings is 2. The summed E-state index contributed by atoms with van der Waals surface area (Å²) in [6, 6.07) is 15.1. The van der Waals surface area contributed by atoms with E-state index in [0.717, 1.165) is 50.9 Å². The van der Waals surface area contributed by atoms with Crippen LogP contribution in [-0.4, -0.2) is 58.8 Å². The van der Waals surface area contributed by atoms with Gasteiger partial charge in [-0.15, -0.1) is 0 Å². The van der Waals surface area contributed by atoms with E-state index in [9.17, 15) is 14.7 Å². The zero-order valence-corrected chi connectivity index (χ0v) is 21.6. The molecule has 1 aliphatic carbocycles. The molecule has 0 radical (unpaired) electrons. The topological polar surface area (TPSA) is 60.9 Å². The third-order valence-electron chi connectivity index (χ3n) is 7.86. The molecule has 1 saturated carbocycles. The van der Waals surface area contributed by atoms with Crippen LogP contribution in [0, 0.1) is 0 Å². The van der Waals surface area contributed by atoms with Gasteiger partial charge in [0.1, 0.15) is 11.6 Å². The van der Waals surface area contributed by atoms with Gasteiger partial charge in [0.2, 0.25) is 0 Å². The summed E-state index contributed by atoms with van der Waals surface area (Å²) < 4.78 is 0. The first-order chi connectivity index (χ1) is 17.4. The van der Waals surface area contributed by atoms with Crippen molar-refractivity contribution in [3.8, 4) is 0 Å². The van der Waals surface area contributed by atoms with Gasteiger partial charge in [0, 0.05) is 45.4 Å². The molecule has 2 aliphatic rings. The summed E-state index contributed by atoms with van der Waals surface area (Å²) in [6.07, 6.45) is 7.23. The molecule has 2 fully saturated rings. The number of aryl methyl sites for hydroxylation is 2. The largest absolute Gasteiger partial charge is 0.393 e. The van der Waals surface area contributed by atoms with E-state index in [4.69, 9.17) is 0 Å². The minimum atomic E-state index is -0.196. The molecular formula is C31H40N2O3. The van der Waals surface area contributed by atoms with Crippen LogP contribution in [0.4, 0.5) is 0 Å². The molecular weight excluding hydrogens is 448 g/mol. The monoisotopic (exact) mass is 488 g/mol. The van der Waals surface area contributed by atoms with Crippen LogP contribution in [0.1, 0.15) is 66.3 Å². The molecule has 0 aromatic heterocycles. The number of piperidine rings is 1. The number of likely N-dealkylation sites (N-methyl/N-ethyl adjacent to an activating group) is 1. The molecule has 1 saturated heterocycles. The summed E-state index contributed by atoms with van der Waals surface area (Å²) in [5.41, 5.74) is 6.25. The molecule has 1 N–H and O–H groups in total. The zero-order valence-electron chi connectivity index (χ0n) is 21.6. The first-order valence-electron chi connectivity index (χ1n) is 13.4. The first kappa shape index (κ1) is 26.5. The van der Waals surface area contributed by atoms with Crippen LogP contribution >= 0.6 is 0 Å². The Morgan fingerprint density at radius 2 is 1.69 bits per heavy atom. The average Bonchev–Trinajstić information content (AvgIpc) is 3.06. The van der Waals surface area contributed by atoms with E-state index >= 15 is 0 Å². The van der Waals surface area contributed by atoms with Crippen LogP contribution in [0.15, 0.2) is 49.0 Å². The lowest BCUT2D eigenvalue weighted by Crippen LogP contribution is -2.37. The Balaban J connectivity index is 1.40. The number of aliphatic hydroxyl groups excluding tert-OH is 1. The second-order valence-electron chi connectivity index (χ2n) is 10.5. The number of ketones is 2. The second-order valence-corrected chi connectivity index (χ2v) is 10.5. The lowest BCUT2D eigenvalue weighted by atomic mass is 9.94. The Hall–Kier alpha value is -2.60. The van der Waals surface area contributed by atoms with Crippen LogP contribution in [0.5, 0.6) is 0 Å². The predicted octanol–water partition coefficient (Wildman–Crippen LogP) is 4.58. The van der Waals surface area contributed by atoms with Gasteiger partial charge in [-0.05, 0) is 67.0 Å². The van der Waals surface area contributed by atoms with Gasteiger partial charge in [-0.2, -0.15) is 0 Å². The van der Waals surface area contributed by atoms with Crippen molar-refractivity contribution < 1.29 is 14.7 Å². The van der Waals surface area contributed by atoms with Crippen molar-refractivity contribution in [2.24, 2.45) is 0 Å². The molecule has 1 aliphatic heterocycles. The van der Waals surface area contributed by atoms with Crippen LogP contribution in [0.3, 0.4) is 0 Å². The fraction of sp³-hybridized carbons (Fsp3) is 0.484. The van der Waals surface area contributed by atoms with Crippen molar-refractivity contribution in [1.29, 1.82) is 0 Å². The summed E-state index contributed by atoms with van der Waals surface area (Å²) in [4.78, 5) is 29.1. The number of hydrogen-bond donors (Lipinski definition) is 1. The Bertz CT molecular complexity index is 1050. The average molecular weight is 489 g/mol. The van der Waals surface area contributed by atoms with Crippen LogP contribution in [-0.2, 0) is 35.5 Å². The van der Waals surface area contributed by atoms with Gasteiger partial charge in [-0.1, -0.05) is 55.1 Å². The Kier molecular flexibility index (Phi) is 9.24. The van der Waals surface area contributed by atoms with Gasteiger partial charge in [-0.25, -0.2) is 0 Å². The fourth-order valence-corrected chi connectivity index (χ4v) is 5.54. The molecule has 192 valence electrons. The van der Waals surface area contributed by atoms with E-state index in [0.29, 0.717) is 32.2 Å². The molecule has 2 aromatic carbocycles. The molecule has 5 nitrogen and oxygen atoms in total. The smallest absolute Gasteiger partial charge is 0.150 e. The van der Waals surface area contributed by atoms with Gasteiger partial charge >= 0.3 is 0 Å². The Labute approximate surface area is 215 Å². The normalized spacial score (nSPS) is 20.0. The number of Topliss-reactive ketones (excluding diaryl/α,β-unsaturated/α-hetero) is 2. The molecule has 1 unspecified atom stereocenters. The van der Waals surface area contributed by atoms with Gasteiger partial charge in [0.15, 0.2) is 0 Å². The summed E-state index contributed by atoms with van der Waals surface area (Å²) >= 11 is 0. The summed E-state index contributed by atoms with van der Waals surface area (Å²) in [5, 5.41) is 9.72. The van der Waals surface area contributed by atoms with Gasteiger partial charge in [-0.3, -0.25) is 19.4 Å². The third kappa shape index (κ3) is 7.00. The number of hydrogen-bond acceptors (Lipinski definition) is 5. The summed E-state index contributed by atoms with van der Waals surface area (Å²) in [5.74, 6) is 0.383. The van der Waals surface area contributed by atoms with Crippen LogP contribution < -0.4 is 0 Å². The van der Waals surface area contributed by atoms with Crippen molar-refractivity contribution >= 4 is 17.6 Å². The van der Waals surface area contributed by atoms with Crippen LogP contribution in [0.2, 0.25) is 0 Å². The SMILES string of the molecule is C=Cc1cccc(CCc2ccc(CN3CCC(O)CC3)cc2)c1CN(C)C1CCC(=O)CCC1=O. The highest BCUT2D eigenvalue weighted by Gasteiger charge is 2.28. The molecule has 2 aromatic rings. The Morgan fingerprint density at radius 1 is 0.972 bits per heavy atom. The predicted molar refractivity (Wildman–Crippen MR) is 145 cm³/mol. The Morgan fingerprint density at radius 3 is 2.42 bits per heavy atom. The quantitative estimate of drug-likeness (QED) is 0.524. The van der Waals surface area contributed by atoms with E-state index < -0.39 is 0 Å². The molecule has 1 heterocycles. The number of nitrogens with zero attached hydrogens (tertiary/aromatic N) is 2. The number of rotatable bonds is 9. The fourth-order valence-electron chi connectivity index (χ4n) is 5.54. The highest BCUT2D eigenvalue weighted by Crippen LogP contribution is 2.24. The lowest BCUT2D eigenvalue weighted by molar-refractivity contribution is -0.124. The van der Waals surface area contributed by atoms with Crippen molar-refractivity contribution in [1.82, 2.24) is 9.80 Å². The van der Waals surface area contributed by atoms with Crippen molar-refractivity contribution in [3.63, 3.8) is 0 Å². The summed E-state index contributed by atoms with van der Waals surface area (Å²) in [6.45, 7) is 7.56. The number of carbonyl (C=O) groups is 2. The maximum absolute atomic E-state index is 12.7. The van der Waals surface area contributed by atoms with Gasteiger partial charge in [0.25, 0.3) is 0 Å². The summed E-state index contributed by atoms with van der Waals surface area (Å²) in [7, 11) is 2.00. The number of likely N-dealkylation sites (tertiary alicyclic amines) is 1. The molecule has 4 rings (SSSR count). The highest BCUT2D eigenvalue weighted by molar-refractivity contribution is 5.91.